The summed E-state index contributed by atoms with van der Waals surface area (Å²) in [5, 5.41) is 4.17. The van der Waals surface area contributed by atoms with E-state index in [1.165, 1.54) is 10.9 Å². The highest BCUT2D eigenvalue weighted by Crippen LogP contribution is 2.35. The van der Waals surface area contributed by atoms with Gasteiger partial charge >= 0.3 is 0 Å². The first-order valence-corrected chi connectivity index (χ1v) is 7.62. The fourth-order valence-corrected chi connectivity index (χ4v) is 3.43. The largest absolute Gasteiger partial charge is 0.315 e. The molecule has 0 aliphatic carbocycles. The molecule has 5 heteroatoms. The van der Waals surface area contributed by atoms with Crippen molar-refractivity contribution in [2.24, 2.45) is 0 Å². The number of thiazole rings is 1. The van der Waals surface area contributed by atoms with E-state index in [1.807, 2.05) is 7.05 Å². The molecule has 1 heterocycles. The lowest BCUT2D eigenvalue weighted by Crippen LogP contribution is -2.16. The molecule has 2 aromatic rings. The molecular weight excluding hydrogens is 295 g/mol. The molecule has 0 spiro atoms. The van der Waals surface area contributed by atoms with Crippen LogP contribution in [0.4, 0.5) is 4.39 Å². The third kappa shape index (κ3) is 3.19. The van der Waals surface area contributed by atoms with Crippen molar-refractivity contribution < 1.29 is 4.39 Å². The van der Waals surface area contributed by atoms with Crippen LogP contribution in [-0.2, 0) is 12.0 Å². The zero-order chi connectivity index (χ0) is 14.9. The number of nitrogens with zero attached hydrogens (tertiary/aromatic N) is 1. The Kier molecular flexibility index (Phi) is 4.47. The zero-order valence-electron chi connectivity index (χ0n) is 12.1. The molecule has 108 valence electrons. The average Bonchev–Trinajstić information content (AvgIpc) is 2.77. The monoisotopic (exact) mass is 312 g/mol. The first-order valence-electron chi connectivity index (χ1n) is 6.43. The third-order valence-electron chi connectivity index (χ3n) is 2.91. The number of rotatable bonds is 3. The lowest BCUT2D eigenvalue weighted by molar-refractivity contribution is 0.563. The molecule has 0 amide bonds. The van der Waals surface area contributed by atoms with E-state index in [2.05, 4.69) is 26.1 Å². The standard InChI is InChI=1S/C15H18ClFN2S/c1-15(2,3)13-12(8-18-4)20-14(19-13)9-5-6-11(17)10(16)7-9/h5-7,18H,8H2,1-4H3. The Balaban J connectivity index is 2.49. The molecular formula is C15H18ClFN2S. The second kappa shape index (κ2) is 5.80. The number of benzene rings is 1. The summed E-state index contributed by atoms with van der Waals surface area (Å²) in [4.78, 5) is 5.94. The summed E-state index contributed by atoms with van der Waals surface area (Å²) < 4.78 is 13.2. The molecule has 1 aromatic heterocycles. The minimum atomic E-state index is -0.404. The molecule has 0 unspecified atom stereocenters. The van der Waals surface area contributed by atoms with E-state index in [4.69, 9.17) is 16.6 Å². The molecule has 0 bridgehead atoms. The van der Waals surface area contributed by atoms with Crippen LogP contribution in [0.3, 0.4) is 0 Å². The highest BCUT2D eigenvalue weighted by Gasteiger charge is 2.23. The quantitative estimate of drug-likeness (QED) is 0.894. The Labute approximate surface area is 128 Å². The number of nitrogens with one attached hydrogen (secondary N) is 1. The highest BCUT2D eigenvalue weighted by molar-refractivity contribution is 7.15. The SMILES string of the molecule is CNCc1sc(-c2ccc(F)c(Cl)c2)nc1C(C)(C)C. The van der Waals surface area contributed by atoms with E-state index >= 15 is 0 Å². The van der Waals surface area contributed by atoms with E-state index in [0.717, 1.165) is 22.8 Å². The molecule has 1 N–H and O–H groups in total. The summed E-state index contributed by atoms with van der Waals surface area (Å²) in [6.45, 7) is 7.20. The number of aromatic nitrogens is 1. The van der Waals surface area contributed by atoms with Crippen molar-refractivity contribution in [2.75, 3.05) is 7.05 Å². The van der Waals surface area contributed by atoms with Crippen molar-refractivity contribution in [3.63, 3.8) is 0 Å². The molecule has 0 atom stereocenters. The van der Waals surface area contributed by atoms with Crippen LogP contribution in [0.2, 0.25) is 5.02 Å². The smallest absolute Gasteiger partial charge is 0.141 e. The fraction of sp³-hybridized carbons (Fsp3) is 0.400. The van der Waals surface area contributed by atoms with Gasteiger partial charge in [0.05, 0.1) is 10.7 Å². The average molecular weight is 313 g/mol. The van der Waals surface area contributed by atoms with Gasteiger partial charge in [-0.25, -0.2) is 9.37 Å². The normalized spacial score (nSPS) is 11.9. The van der Waals surface area contributed by atoms with E-state index in [-0.39, 0.29) is 10.4 Å². The summed E-state index contributed by atoms with van der Waals surface area (Å²) in [6, 6.07) is 4.73. The molecule has 0 saturated heterocycles. The second-order valence-corrected chi connectivity index (χ2v) is 7.19. The zero-order valence-corrected chi connectivity index (χ0v) is 13.6. The van der Waals surface area contributed by atoms with Gasteiger partial charge in [-0.15, -0.1) is 11.3 Å². The van der Waals surface area contributed by atoms with Crippen molar-refractivity contribution in [1.82, 2.24) is 10.3 Å². The van der Waals surface area contributed by atoms with Crippen molar-refractivity contribution >= 4 is 22.9 Å². The van der Waals surface area contributed by atoms with Crippen LogP contribution in [0.15, 0.2) is 18.2 Å². The van der Waals surface area contributed by atoms with Crippen LogP contribution < -0.4 is 5.32 Å². The van der Waals surface area contributed by atoms with Crippen LogP contribution in [0.5, 0.6) is 0 Å². The van der Waals surface area contributed by atoms with E-state index < -0.39 is 5.82 Å². The Bertz CT molecular complexity index is 617. The molecule has 0 fully saturated rings. The maximum absolute atomic E-state index is 13.2. The Hall–Kier alpha value is -0.970. The van der Waals surface area contributed by atoms with Crippen molar-refractivity contribution in [3.8, 4) is 10.6 Å². The molecule has 0 aliphatic rings. The second-order valence-electron chi connectivity index (χ2n) is 5.70. The molecule has 2 rings (SSSR count). The lowest BCUT2D eigenvalue weighted by atomic mass is 9.91. The van der Waals surface area contributed by atoms with Crippen LogP contribution in [0, 0.1) is 5.82 Å². The Morgan fingerprint density at radius 2 is 2.05 bits per heavy atom. The maximum atomic E-state index is 13.2. The first kappa shape index (κ1) is 15.4. The van der Waals surface area contributed by atoms with Crippen molar-refractivity contribution in [3.05, 3.63) is 39.6 Å². The van der Waals surface area contributed by atoms with Crippen LogP contribution >= 0.6 is 22.9 Å². The highest BCUT2D eigenvalue weighted by atomic mass is 35.5. The van der Waals surface area contributed by atoms with E-state index in [1.54, 1.807) is 23.5 Å². The fourth-order valence-electron chi connectivity index (χ4n) is 1.97. The van der Waals surface area contributed by atoms with Gasteiger partial charge in [0.25, 0.3) is 0 Å². The third-order valence-corrected chi connectivity index (χ3v) is 4.31. The Morgan fingerprint density at radius 3 is 2.60 bits per heavy atom. The lowest BCUT2D eigenvalue weighted by Gasteiger charge is -2.17. The van der Waals surface area contributed by atoms with Gasteiger partial charge in [-0.05, 0) is 25.2 Å². The van der Waals surface area contributed by atoms with Crippen LogP contribution in [0.25, 0.3) is 10.6 Å². The van der Waals surface area contributed by atoms with Gasteiger partial charge in [0.1, 0.15) is 10.8 Å². The predicted molar refractivity (Wildman–Crippen MR) is 84.0 cm³/mol. The summed E-state index contributed by atoms with van der Waals surface area (Å²) in [6.07, 6.45) is 0. The summed E-state index contributed by atoms with van der Waals surface area (Å²) in [7, 11) is 1.92. The number of hydrogen-bond donors (Lipinski definition) is 1. The summed E-state index contributed by atoms with van der Waals surface area (Å²) >= 11 is 7.47. The van der Waals surface area contributed by atoms with Crippen LogP contribution in [-0.4, -0.2) is 12.0 Å². The van der Waals surface area contributed by atoms with Gasteiger partial charge in [-0.1, -0.05) is 32.4 Å². The Morgan fingerprint density at radius 1 is 1.35 bits per heavy atom. The van der Waals surface area contributed by atoms with Gasteiger partial charge in [0, 0.05) is 22.4 Å². The maximum Gasteiger partial charge on any atom is 0.141 e. The molecule has 0 radical (unpaired) electrons. The van der Waals surface area contributed by atoms with Gasteiger partial charge in [-0.3, -0.25) is 0 Å². The summed E-state index contributed by atoms with van der Waals surface area (Å²) in [5.41, 5.74) is 1.91. The number of halogens is 2. The predicted octanol–water partition coefficient (Wildman–Crippen LogP) is 4.62. The minimum Gasteiger partial charge on any atom is -0.315 e. The first-order chi connectivity index (χ1) is 9.32. The topological polar surface area (TPSA) is 24.9 Å². The molecule has 0 saturated carbocycles. The summed E-state index contributed by atoms with van der Waals surface area (Å²) in [5.74, 6) is -0.404. The molecule has 20 heavy (non-hydrogen) atoms. The van der Waals surface area contributed by atoms with E-state index in [9.17, 15) is 4.39 Å². The van der Waals surface area contributed by atoms with E-state index in [0.29, 0.717) is 0 Å². The van der Waals surface area contributed by atoms with Gasteiger partial charge in [-0.2, -0.15) is 0 Å². The molecule has 1 aromatic carbocycles. The molecule has 0 aliphatic heterocycles. The van der Waals surface area contributed by atoms with Gasteiger partial charge in [0.15, 0.2) is 0 Å². The number of hydrogen-bond acceptors (Lipinski definition) is 3. The van der Waals surface area contributed by atoms with Crippen LogP contribution in [0.1, 0.15) is 31.3 Å². The van der Waals surface area contributed by atoms with Gasteiger partial charge < -0.3 is 5.32 Å². The van der Waals surface area contributed by atoms with Gasteiger partial charge in [0.2, 0.25) is 0 Å². The minimum absolute atomic E-state index is 0.0231. The van der Waals surface area contributed by atoms with Crippen molar-refractivity contribution in [2.45, 2.75) is 32.7 Å². The van der Waals surface area contributed by atoms with Crippen molar-refractivity contribution in [1.29, 1.82) is 0 Å². The molecule has 2 nitrogen and oxygen atoms in total.